The molecule has 1 unspecified atom stereocenters. The van der Waals surface area contributed by atoms with Crippen LogP contribution in [0.4, 0.5) is 0 Å². The van der Waals surface area contributed by atoms with Crippen LogP contribution in [0.3, 0.4) is 0 Å². The lowest BCUT2D eigenvalue weighted by Gasteiger charge is -2.33. The van der Waals surface area contributed by atoms with Gasteiger partial charge in [0.1, 0.15) is 11.8 Å². The van der Waals surface area contributed by atoms with Gasteiger partial charge in [-0.3, -0.25) is 9.69 Å². The molecule has 0 spiro atoms. The van der Waals surface area contributed by atoms with Crippen LogP contribution in [0.2, 0.25) is 0 Å². The summed E-state index contributed by atoms with van der Waals surface area (Å²) in [4.78, 5) is 14.3. The van der Waals surface area contributed by atoms with Crippen molar-refractivity contribution >= 4 is 5.91 Å². The minimum Gasteiger partial charge on any atom is -0.482 e. The number of nitrogens with zero attached hydrogens (tertiary/aromatic N) is 2. The van der Waals surface area contributed by atoms with Gasteiger partial charge in [0.25, 0.3) is 5.91 Å². The summed E-state index contributed by atoms with van der Waals surface area (Å²) in [5.41, 5.74) is 0.427. The molecule has 1 aliphatic carbocycles. The third kappa shape index (κ3) is 4.44. The maximum Gasteiger partial charge on any atom is 0.258 e. The predicted molar refractivity (Wildman–Crippen MR) is 84.0 cm³/mol. The van der Waals surface area contributed by atoms with Crippen LogP contribution in [0.1, 0.15) is 18.4 Å². The highest BCUT2D eigenvalue weighted by molar-refractivity contribution is 5.77. The highest BCUT2D eigenvalue weighted by Crippen LogP contribution is 2.28. The maximum absolute atomic E-state index is 11.9. The van der Waals surface area contributed by atoms with E-state index in [1.54, 1.807) is 24.3 Å². The zero-order valence-electron chi connectivity index (χ0n) is 13.0. The molecule has 0 radical (unpaired) electrons. The molecule has 0 aromatic heterocycles. The second-order valence-electron chi connectivity index (χ2n) is 5.92. The molecule has 1 aliphatic heterocycles. The van der Waals surface area contributed by atoms with Gasteiger partial charge in [-0.05, 0) is 25.0 Å². The molecule has 2 aliphatic rings. The van der Waals surface area contributed by atoms with Crippen molar-refractivity contribution < 1.29 is 14.3 Å². The van der Waals surface area contributed by atoms with Crippen molar-refractivity contribution in [2.75, 3.05) is 32.8 Å². The number of hydrogen-bond acceptors (Lipinski definition) is 5. The number of amides is 1. The quantitative estimate of drug-likeness (QED) is 0.845. The fourth-order valence-corrected chi connectivity index (χ4v) is 2.74. The molecule has 6 nitrogen and oxygen atoms in total. The van der Waals surface area contributed by atoms with E-state index in [-0.39, 0.29) is 18.6 Å². The zero-order chi connectivity index (χ0) is 16.1. The van der Waals surface area contributed by atoms with Gasteiger partial charge in [-0.1, -0.05) is 12.1 Å². The molecule has 1 amide bonds. The van der Waals surface area contributed by atoms with Crippen LogP contribution >= 0.6 is 0 Å². The Balaban J connectivity index is 1.40. The number of nitriles is 1. The van der Waals surface area contributed by atoms with Crippen LogP contribution < -0.4 is 10.1 Å². The van der Waals surface area contributed by atoms with Crippen molar-refractivity contribution in [2.24, 2.45) is 0 Å². The Hall–Kier alpha value is -2.10. The van der Waals surface area contributed by atoms with Gasteiger partial charge < -0.3 is 14.8 Å². The van der Waals surface area contributed by atoms with E-state index in [1.165, 1.54) is 12.8 Å². The van der Waals surface area contributed by atoms with Crippen molar-refractivity contribution in [3.63, 3.8) is 0 Å². The van der Waals surface area contributed by atoms with Gasteiger partial charge in [0, 0.05) is 25.7 Å². The minimum atomic E-state index is -0.204. The molecule has 23 heavy (non-hydrogen) atoms. The molecule has 1 heterocycles. The lowest BCUT2D eigenvalue weighted by atomic mass is 10.2. The molecule has 6 heteroatoms. The first-order valence-corrected chi connectivity index (χ1v) is 8.00. The molecule has 2 fully saturated rings. The Bertz CT molecular complexity index is 595. The molecule has 1 N–H and O–H groups in total. The standard InChI is InChI=1S/C17H21N3O3/c18-9-13-3-1-2-4-16(13)23-12-17(21)19-10-15-11-20(7-8-22-15)14-5-6-14/h1-4,14-15H,5-8,10-12H2,(H,19,21). The molecule has 1 aromatic rings. The fourth-order valence-electron chi connectivity index (χ4n) is 2.74. The van der Waals surface area contributed by atoms with Gasteiger partial charge in [0.15, 0.2) is 6.61 Å². The Morgan fingerprint density at radius 2 is 2.26 bits per heavy atom. The summed E-state index contributed by atoms with van der Waals surface area (Å²) in [6, 6.07) is 9.65. The van der Waals surface area contributed by atoms with E-state index >= 15 is 0 Å². The molecule has 1 atom stereocenters. The summed E-state index contributed by atoms with van der Waals surface area (Å²) in [5.74, 6) is 0.226. The van der Waals surface area contributed by atoms with Gasteiger partial charge in [-0.25, -0.2) is 0 Å². The third-order valence-electron chi connectivity index (χ3n) is 4.13. The van der Waals surface area contributed by atoms with E-state index in [4.69, 9.17) is 14.7 Å². The molecule has 1 aromatic carbocycles. The first kappa shape index (κ1) is 15.8. The number of ether oxygens (including phenoxy) is 2. The SMILES string of the molecule is N#Cc1ccccc1OCC(=O)NCC1CN(C2CC2)CCO1. The highest BCUT2D eigenvalue weighted by Gasteiger charge is 2.32. The number of benzene rings is 1. The summed E-state index contributed by atoms with van der Waals surface area (Å²) in [6.45, 7) is 2.98. The van der Waals surface area contributed by atoms with Crippen molar-refractivity contribution in [3.05, 3.63) is 29.8 Å². The first-order valence-electron chi connectivity index (χ1n) is 8.00. The summed E-state index contributed by atoms with van der Waals surface area (Å²) in [7, 11) is 0. The van der Waals surface area contributed by atoms with Crippen LogP contribution in [0.5, 0.6) is 5.75 Å². The summed E-state index contributed by atoms with van der Waals surface area (Å²) in [5, 5.41) is 11.8. The van der Waals surface area contributed by atoms with Crippen molar-refractivity contribution in [1.82, 2.24) is 10.2 Å². The Kier molecular flexibility index (Phi) is 5.11. The number of nitrogens with one attached hydrogen (secondary N) is 1. The van der Waals surface area contributed by atoms with Crippen LogP contribution in [0.25, 0.3) is 0 Å². The monoisotopic (exact) mass is 315 g/mol. The average molecular weight is 315 g/mol. The third-order valence-corrected chi connectivity index (χ3v) is 4.13. The second-order valence-corrected chi connectivity index (χ2v) is 5.92. The van der Waals surface area contributed by atoms with E-state index in [1.807, 2.05) is 6.07 Å². The average Bonchev–Trinajstić information content (AvgIpc) is 3.44. The van der Waals surface area contributed by atoms with E-state index in [0.717, 1.165) is 25.7 Å². The molecule has 3 rings (SSSR count). The molecule has 1 saturated carbocycles. The molecule has 122 valence electrons. The number of rotatable bonds is 6. The van der Waals surface area contributed by atoms with Crippen LogP contribution in [-0.4, -0.2) is 55.8 Å². The Morgan fingerprint density at radius 1 is 1.43 bits per heavy atom. The molecular weight excluding hydrogens is 294 g/mol. The van der Waals surface area contributed by atoms with Gasteiger partial charge in [-0.2, -0.15) is 5.26 Å². The van der Waals surface area contributed by atoms with Crippen LogP contribution in [0, 0.1) is 11.3 Å². The minimum absolute atomic E-state index is 0.0414. The molecule has 1 saturated heterocycles. The zero-order valence-corrected chi connectivity index (χ0v) is 13.0. The van der Waals surface area contributed by atoms with Crippen molar-refractivity contribution in [2.45, 2.75) is 25.0 Å². The largest absolute Gasteiger partial charge is 0.482 e. The topological polar surface area (TPSA) is 74.6 Å². The number of carbonyl (C=O) groups is 1. The summed E-state index contributed by atoms with van der Waals surface area (Å²) in [6.07, 6.45) is 2.61. The lowest BCUT2D eigenvalue weighted by Crippen LogP contribution is -2.48. The number of carbonyl (C=O) groups excluding carboxylic acids is 1. The number of morpholine rings is 1. The van der Waals surface area contributed by atoms with Crippen LogP contribution in [-0.2, 0) is 9.53 Å². The van der Waals surface area contributed by atoms with Crippen molar-refractivity contribution in [3.8, 4) is 11.8 Å². The Morgan fingerprint density at radius 3 is 3.04 bits per heavy atom. The normalized spacial score (nSPS) is 21.4. The van der Waals surface area contributed by atoms with Gasteiger partial charge >= 0.3 is 0 Å². The first-order chi connectivity index (χ1) is 11.3. The number of para-hydroxylation sites is 1. The molecular formula is C17H21N3O3. The van der Waals surface area contributed by atoms with Crippen molar-refractivity contribution in [1.29, 1.82) is 5.26 Å². The Labute approximate surface area is 136 Å². The van der Waals surface area contributed by atoms with E-state index in [0.29, 0.717) is 17.9 Å². The van der Waals surface area contributed by atoms with Crippen LogP contribution in [0.15, 0.2) is 24.3 Å². The summed E-state index contributed by atoms with van der Waals surface area (Å²) >= 11 is 0. The predicted octanol–water partition coefficient (Wildman–Crippen LogP) is 0.916. The second kappa shape index (κ2) is 7.44. The number of hydrogen-bond donors (Lipinski definition) is 1. The maximum atomic E-state index is 11.9. The summed E-state index contributed by atoms with van der Waals surface area (Å²) < 4.78 is 11.1. The fraction of sp³-hybridized carbons (Fsp3) is 0.529. The van der Waals surface area contributed by atoms with Gasteiger partial charge in [-0.15, -0.1) is 0 Å². The highest BCUT2D eigenvalue weighted by atomic mass is 16.5. The van der Waals surface area contributed by atoms with Gasteiger partial charge in [0.05, 0.1) is 18.3 Å². The lowest BCUT2D eigenvalue weighted by molar-refractivity contribution is -0.124. The van der Waals surface area contributed by atoms with E-state index in [9.17, 15) is 4.79 Å². The van der Waals surface area contributed by atoms with Gasteiger partial charge in [0.2, 0.25) is 0 Å². The van der Waals surface area contributed by atoms with E-state index < -0.39 is 0 Å². The van der Waals surface area contributed by atoms with E-state index in [2.05, 4.69) is 10.2 Å². The molecule has 0 bridgehead atoms. The smallest absolute Gasteiger partial charge is 0.258 e.